The van der Waals surface area contributed by atoms with Gasteiger partial charge in [0.05, 0.1) is 0 Å². The highest BCUT2D eigenvalue weighted by Gasteiger charge is 2.38. The predicted octanol–water partition coefficient (Wildman–Crippen LogP) is 2.96. The van der Waals surface area contributed by atoms with Crippen molar-refractivity contribution in [3.05, 3.63) is 108 Å². The standard InChI is InChI=1S/C33H40N4O4/c1-24(38)35(3)29(22-26-17-11-7-12-18-26)32(40)37(5)30(23-27-19-13-8-14-20-27)33(41)36(4)28(31(39)34-2)21-25-15-9-6-10-16-25/h6-20,28-30H,21-23H2,1-5H3,(H,34,39)/t28-,29-,30-/m1/s1. The Hall–Kier alpha value is -4.46. The molecule has 0 aliphatic heterocycles. The average Bonchev–Trinajstić information content (AvgIpc) is 3.00. The van der Waals surface area contributed by atoms with Crippen LogP contribution in [0.15, 0.2) is 91.0 Å². The summed E-state index contributed by atoms with van der Waals surface area (Å²) >= 11 is 0. The maximum Gasteiger partial charge on any atom is 0.246 e. The summed E-state index contributed by atoms with van der Waals surface area (Å²) in [6, 6.07) is 26.0. The van der Waals surface area contributed by atoms with Gasteiger partial charge in [-0.05, 0) is 16.7 Å². The van der Waals surface area contributed by atoms with Crippen LogP contribution in [0.1, 0.15) is 23.6 Å². The molecule has 0 aliphatic carbocycles. The van der Waals surface area contributed by atoms with Crippen LogP contribution < -0.4 is 5.32 Å². The Bertz CT molecular complexity index is 1300. The maximum atomic E-state index is 14.2. The van der Waals surface area contributed by atoms with Crippen LogP contribution >= 0.6 is 0 Å². The SMILES string of the molecule is CNC(=O)[C@@H](Cc1ccccc1)N(C)C(=O)[C@@H](Cc1ccccc1)N(C)C(=O)[C@@H](Cc1ccccc1)N(C)C(C)=O. The molecule has 3 atom stereocenters. The molecule has 0 saturated carbocycles. The topological polar surface area (TPSA) is 90.0 Å². The normalized spacial score (nSPS) is 12.9. The van der Waals surface area contributed by atoms with Gasteiger partial charge in [0.1, 0.15) is 18.1 Å². The van der Waals surface area contributed by atoms with Gasteiger partial charge in [-0.2, -0.15) is 0 Å². The molecular formula is C33H40N4O4. The molecule has 3 aromatic rings. The molecule has 41 heavy (non-hydrogen) atoms. The molecule has 216 valence electrons. The highest BCUT2D eigenvalue weighted by molar-refractivity contribution is 5.94. The van der Waals surface area contributed by atoms with E-state index in [0.717, 1.165) is 16.7 Å². The van der Waals surface area contributed by atoms with E-state index in [4.69, 9.17) is 0 Å². The molecular weight excluding hydrogens is 516 g/mol. The van der Waals surface area contributed by atoms with Gasteiger partial charge in [0.25, 0.3) is 0 Å². The van der Waals surface area contributed by atoms with Crippen LogP contribution in [0.5, 0.6) is 0 Å². The lowest BCUT2D eigenvalue weighted by Gasteiger charge is -2.37. The molecule has 3 aromatic carbocycles. The van der Waals surface area contributed by atoms with Gasteiger partial charge in [-0.1, -0.05) is 91.0 Å². The molecule has 1 N–H and O–H groups in total. The number of hydrogen-bond acceptors (Lipinski definition) is 4. The predicted molar refractivity (Wildman–Crippen MR) is 160 cm³/mol. The van der Waals surface area contributed by atoms with Crippen molar-refractivity contribution in [1.82, 2.24) is 20.0 Å². The first-order chi connectivity index (χ1) is 19.6. The minimum atomic E-state index is -0.906. The molecule has 0 unspecified atom stereocenters. The quantitative estimate of drug-likeness (QED) is 0.372. The molecule has 0 spiro atoms. The van der Waals surface area contributed by atoms with Crippen molar-refractivity contribution in [3.8, 4) is 0 Å². The average molecular weight is 557 g/mol. The number of amides is 4. The number of carbonyl (C=O) groups is 4. The molecule has 4 amide bonds. The third kappa shape index (κ3) is 8.27. The van der Waals surface area contributed by atoms with Crippen molar-refractivity contribution >= 4 is 23.6 Å². The molecule has 0 bridgehead atoms. The Morgan fingerprint density at radius 2 is 0.878 bits per heavy atom. The van der Waals surface area contributed by atoms with Crippen LogP contribution in [0.3, 0.4) is 0 Å². The third-order valence-corrected chi connectivity index (χ3v) is 7.53. The first-order valence-electron chi connectivity index (χ1n) is 13.7. The van der Waals surface area contributed by atoms with E-state index in [-0.39, 0.29) is 30.0 Å². The second-order valence-corrected chi connectivity index (χ2v) is 10.3. The number of carbonyl (C=O) groups excluding carboxylic acids is 4. The number of nitrogens with zero attached hydrogens (tertiary/aromatic N) is 3. The first-order valence-corrected chi connectivity index (χ1v) is 13.7. The Morgan fingerprint density at radius 3 is 1.22 bits per heavy atom. The van der Waals surface area contributed by atoms with E-state index in [2.05, 4.69) is 5.32 Å². The fraction of sp³-hybridized carbons (Fsp3) is 0.333. The molecule has 0 saturated heterocycles. The van der Waals surface area contributed by atoms with E-state index >= 15 is 0 Å². The lowest BCUT2D eigenvalue weighted by Crippen LogP contribution is -2.58. The van der Waals surface area contributed by atoms with Gasteiger partial charge in [0.2, 0.25) is 23.6 Å². The number of hydrogen-bond donors (Lipinski definition) is 1. The molecule has 3 rings (SSSR count). The summed E-state index contributed by atoms with van der Waals surface area (Å²) in [5.74, 6) is -1.26. The van der Waals surface area contributed by atoms with Gasteiger partial charge in [-0.25, -0.2) is 0 Å². The Labute approximate surface area is 242 Å². The minimum absolute atomic E-state index is 0.250. The lowest BCUT2D eigenvalue weighted by atomic mass is 9.98. The summed E-state index contributed by atoms with van der Waals surface area (Å²) in [6.07, 6.45) is 0.874. The molecule has 0 fully saturated rings. The van der Waals surface area contributed by atoms with Crippen LogP contribution in [0, 0.1) is 0 Å². The Morgan fingerprint density at radius 1 is 0.561 bits per heavy atom. The van der Waals surface area contributed by atoms with E-state index in [1.807, 2.05) is 91.0 Å². The highest BCUT2D eigenvalue weighted by atomic mass is 16.2. The lowest BCUT2D eigenvalue weighted by molar-refractivity contribution is -0.151. The van der Waals surface area contributed by atoms with Crippen molar-refractivity contribution in [2.24, 2.45) is 0 Å². The van der Waals surface area contributed by atoms with Gasteiger partial charge in [0.15, 0.2) is 0 Å². The van der Waals surface area contributed by atoms with Crippen molar-refractivity contribution in [2.45, 2.75) is 44.3 Å². The van der Waals surface area contributed by atoms with Crippen molar-refractivity contribution < 1.29 is 19.2 Å². The molecule has 8 heteroatoms. The van der Waals surface area contributed by atoms with Crippen LogP contribution in [-0.4, -0.2) is 84.6 Å². The van der Waals surface area contributed by atoms with E-state index in [1.54, 1.807) is 28.2 Å². The summed E-state index contributed by atoms with van der Waals surface area (Å²) in [7, 11) is 6.34. The number of benzene rings is 3. The van der Waals surface area contributed by atoms with Crippen LogP contribution in [0.2, 0.25) is 0 Å². The monoisotopic (exact) mass is 556 g/mol. The number of likely N-dealkylation sites (N-methyl/N-ethyl adjacent to an activating group) is 4. The van der Waals surface area contributed by atoms with Gasteiger partial charge in [-0.3, -0.25) is 19.2 Å². The van der Waals surface area contributed by atoms with Crippen molar-refractivity contribution in [3.63, 3.8) is 0 Å². The van der Waals surface area contributed by atoms with E-state index in [9.17, 15) is 19.2 Å². The Kier molecular flexibility index (Phi) is 11.2. The first kappa shape index (κ1) is 31.1. The van der Waals surface area contributed by atoms with Gasteiger partial charge < -0.3 is 20.0 Å². The van der Waals surface area contributed by atoms with Crippen LogP contribution in [0.4, 0.5) is 0 Å². The zero-order chi connectivity index (χ0) is 29.9. The smallest absolute Gasteiger partial charge is 0.246 e. The summed E-state index contributed by atoms with van der Waals surface area (Å²) in [5.41, 5.74) is 2.69. The van der Waals surface area contributed by atoms with E-state index in [1.165, 1.54) is 21.6 Å². The zero-order valence-corrected chi connectivity index (χ0v) is 24.5. The minimum Gasteiger partial charge on any atom is -0.357 e. The summed E-state index contributed by atoms with van der Waals surface area (Å²) < 4.78 is 0. The highest BCUT2D eigenvalue weighted by Crippen LogP contribution is 2.18. The van der Waals surface area contributed by atoms with E-state index in [0.29, 0.717) is 12.8 Å². The molecule has 8 nitrogen and oxygen atoms in total. The second kappa shape index (κ2) is 14.8. The summed E-state index contributed by atoms with van der Waals surface area (Å²) in [5, 5.41) is 2.68. The van der Waals surface area contributed by atoms with Gasteiger partial charge in [-0.15, -0.1) is 0 Å². The van der Waals surface area contributed by atoms with Crippen molar-refractivity contribution in [2.75, 3.05) is 28.2 Å². The van der Waals surface area contributed by atoms with Crippen LogP contribution in [-0.2, 0) is 38.4 Å². The molecule has 0 aliphatic rings. The largest absolute Gasteiger partial charge is 0.357 e. The number of nitrogens with one attached hydrogen (secondary N) is 1. The fourth-order valence-electron chi connectivity index (χ4n) is 4.86. The Balaban J connectivity index is 1.97. The molecule has 0 aromatic heterocycles. The zero-order valence-electron chi connectivity index (χ0n) is 24.5. The number of rotatable bonds is 12. The van der Waals surface area contributed by atoms with Crippen molar-refractivity contribution in [1.29, 1.82) is 0 Å². The summed E-state index contributed by atoms with van der Waals surface area (Å²) in [4.78, 5) is 58.0. The second-order valence-electron chi connectivity index (χ2n) is 10.3. The van der Waals surface area contributed by atoms with E-state index < -0.39 is 18.1 Å². The van der Waals surface area contributed by atoms with Gasteiger partial charge in [0, 0.05) is 54.4 Å². The van der Waals surface area contributed by atoms with Gasteiger partial charge >= 0.3 is 0 Å². The van der Waals surface area contributed by atoms with Crippen LogP contribution in [0.25, 0.3) is 0 Å². The molecule has 0 radical (unpaired) electrons. The molecule has 0 heterocycles. The fourth-order valence-corrected chi connectivity index (χ4v) is 4.86. The summed E-state index contributed by atoms with van der Waals surface area (Å²) in [6.45, 7) is 1.42. The maximum absolute atomic E-state index is 14.2. The third-order valence-electron chi connectivity index (χ3n) is 7.53.